The van der Waals surface area contributed by atoms with Gasteiger partial charge in [-0.1, -0.05) is 0 Å². The van der Waals surface area contributed by atoms with Crippen LogP contribution >= 0.6 is 0 Å². The fraction of sp³-hybridized carbons (Fsp3) is 0.917. The molecule has 5 heteroatoms. The third-order valence-electron chi connectivity index (χ3n) is 3.43. The van der Waals surface area contributed by atoms with E-state index in [1.807, 2.05) is 0 Å². The molecule has 0 aromatic heterocycles. The molecule has 2 rings (SSSR count). The van der Waals surface area contributed by atoms with Crippen LogP contribution in [0.4, 0.5) is 0 Å². The second kappa shape index (κ2) is 6.33. The smallest absolute Gasteiger partial charge is 0.225 e. The lowest BCUT2D eigenvalue weighted by atomic mass is 10.1. The van der Waals surface area contributed by atoms with Gasteiger partial charge in [-0.15, -0.1) is 0 Å². The lowest BCUT2D eigenvalue weighted by Gasteiger charge is -2.35. The first-order valence-electron chi connectivity index (χ1n) is 6.41. The summed E-state index contributed by atoms with van der Waals surface area (Å²) in [6, 6.07) is -0.181. The molecule has 2 atom stereocenters. The quantitative estimate of drug-likeness (QED) is 0.767. The highest BCUT2D eigenvalue weighted by Crippen LogP contribution is 2.18. The molecule has 2 fully saturated rings. The van der Waals surface area contributed by atoms with Gasteiger partial charge in [-0.3, -0.25) is 4.79 Å². The van der Waals surface area contributed by atoms with Gasteiger partial charge < -0.3 is 19.5 Å². The molecule has 0 aromatic rings. The standard InChI is InChI=1S/C12H21NO4/c14-8-10-9-16-6-4-13(10)12(15)7-11-3-1-2-5-17-11/h10-11,14H,1-9H2. The first kappa shape index (κ1) is 12.8. The van der Waals surface area contributed by atoms with Gasteiger partial charge >= 0.3 is 0 Å². The number of morpholine rings is 1. The fourth-order valence-corrected chi connectivity index (χ4v) is 2.41. The number of ether oxygens (including phenoxy) is 2. The molecule has 17 heavy (non-hydrogen) atoms. The van der Waals surface area contributed by atoms with Crippen LogP contribution in [0.1, 0.15) is 25.7 Å². The van der Waals surface area contributed by atoms with Crippen molar-refractivity contribution < 1.29 is 19.4 Å². The van der Waals surface area contributed by atoms with E-state index < -0.39 is 0 Å². The fourth-order valence-electron chi connectivity index (χ4n) is 2.41. The maximum atomic E-state index is 12.1. The van der Waals surface area contributed by atoms with E-state index in [0.717, 1.165) is 25.9 Å². The first-order valence-corrected chi connectivity index (χ1v) is 6.41. The van der Waals surface area contributed by atoms with E-state index in [1.165, 1.54) is 0 Å². The molecule has 5 nitrogen and oxygen atoms in total. The van der Waals surface area contributed by atoms with Gasteiger partial charge in [0, 0.05) is 13.2 Å². The number of nitrogens with zero attached hydrogens (tertiary/aromatic N) is 1. The Hall–Kier alpha value is -0.650. The Labute approximate surface area is 102 Å². The average Bonchev–Trinajstić information content (AvgIpc) is 2.40. The van der Waals surface area contributed by atoms with E-state index in [1.54, 1.807) is 4.90 Å². The van der Waals surface area contributed by atoms with Crippen LogP contribution < -0.4 is 0 Å². The van der Waals surface area contributed by atoms with Gasteiger partial charge in [0.1, 0.15) is 0 Å². The first-order chi connectivity index (χ1) is 8.31. The maximum Gasteiger partial charge on any atom is 0.225 e. The Bertz CT molecular complexity index is 253. The van der Waals surface area contributed by atoms with Gasteiger partial charge in [0.25, 0.3) is 0 Å². The molecule has 2 aliphatic heterocycles. The molecule has 0 radical (unpaired) electrons. The number of hydrogen-bond acceptors (Lipinski definition) is 4. The molecule has 0 aliphatic carbocycles. The SMILES string of the molecule is O=C(CC1CCCCO1)N1CCOCC1CO. The minimum Gasteiger partial charge on any atom is -0.394 e. The average molecular weight is 243 g/mol. The summed E-state index contributed by atoms with van der Waals surface area (Å²) in [7, 11) is 0. The Morgan fingerprint density at radius 1 is 1.35 bits per heavy atom. The van der Waals surface area contributed by atoms with Gasteiger partial charge in [-0.05, 0) is 19.3 Å². The highest BCUT2D eigenvalue weighted by atomic mass is 16.5. The van der Waals surface area contributed by atoms with Gasteiger partial charge in [0.15, 0.2) is 0 Å². The number of aliphatic hydroxyl groups is 1. The van der Waals surface area contributed by atoms with Crippen molar-refractivity contribution in [2.75, 3.05) is 33.0 Å². The Morgan fingerprint density at radius 3 is 2.94 bits per heavy atom. The van der Waals surface area contributed by atoms with Crippen LogP contribution in [0, 0.1) is 0 Å². The van der Waals surface area contributed by atoms with Crippen molar-refractivity contribution in [2.24, 2.45) is 0 Å². The zero-order chi connectivity index (χ0) is 12.1. The van der Waals surface area contributed by atoms with Crippen molar-refractivity contribution in [2.45, 2.75) is 37.8 Å². The molecule has 0 spiro atoms. The summed E-state index contributed by atoms with van der Waals surface area (Å²) in [6.45, 7) is 2.32. The number of amides is 1. The van der Waals surface area contributed by atoms with Crippen molar-refractivity contribution in [1.29, 1.82) is 0 Å². The monoisotopic (exact) mass is 243 g/mol. The van der Waals surface area contributed by atoms with Gasteiger partial charge in [0.05, 0.1) is 38.4 Å². The molecule has 0 saturated carbocycles. The number of aliphatic hydroxyl groups excluding tert-OH is 1. The molecule has 2 unspecified atom stereocenters. The predicted molar refractivity (Wildman–Crippen MR) is 61.6 cm³/mol. The van der Waals surface area contributed by atoms with Crippen LogP contribution in [0.25, 0.3) is 0 Å². The maximum absolute atomic E-state index is 12.1. The topological polar surface area (TPSA) is 59.0 Å². The summed E-state index contributed by atoms with van der Waals surface area (Å²) < 4.78 is 10.8. The number of carbonyl (C=O) groups is 1. The van der Waals surface area contributed by atoms with Crippen molar-refractivity contribution in [3.63, 3.8) is 0 Å². The molecular weight excluding hydrogens is 222 g/mol. The molecule has 2 saturated heterocycles. The largest absolute Gasteiger partial charge is 0.394 e. The second-order valence-corrected chi connectivity index (χ2v) is 4.69. The summed E-state index contributed by atoms with van der Waals surface area (Å²) in [4.78, 5) is 13.9. The van der Waals surface area contributed by atoms with Gasteiger partial charge in [-0.2, -0.15) is 0 Å². The number of hydrogen-bond donors (Lipinski definition) is 1. The summed E-state index contributed by atoms with van der Waals surface area (Å²) >= 11 is 0. The molecule has 2 heterocycles. The second-order valence-electron chi connectivity index (χ2n) is 4.69. The van der Waals surface area contributed by atoms with Crippen LogP contribution in [0.2, 0.25) is 0 Å². The van der Waals surface area contributed by atoms with E-state index in [4.69, 9.17) is 9.47 Å². The molecule has 2 aliphatic rings. The van der Waals surface area contributed by atoms with E-state index in [2.05, 4.69) is 0 Å². The lowest BCUT2D eigenvalue weighted by Crippen LogP contribution is -2.51. The van der Waals surface area contributed by atoms with Gasteiger partial charge in [0.2, 0.25) is 5.91 Å². The van der Waals surface area contributed by atoms with Crippen LogP contribution in [-0.4, -0.2) is 61.0 Å². The summed E-state index contributed by atoms with van der Waals surface area (Å²) in [5.74, 6) is 0.0826. The van der Waals surface area contributed by atoms with Crippen LogP contribution in [0.3, 0.4) is 0 Å². The molecular formula is C12H21NO4. The van der Waals surface area contributed by atoms with Crippen LogP contribution in [-0.2, 0) is 14.3 Å². The number of carbonyl (C=O) groups excluding carboxylic acids is 1. The molecule has 98 valence electrons. The van der Waals surface area contributed by atoms with Crippen LogP contribution in [0.15, 0.2) is 0 Å². The van der Waals surface area contributed by atoms with Crippen molar-refractivity contribution in [3.05, 3.63) is 0 Å². The predicted octanol–water partition coefficient (Wildman–Crippen LogP) is 0.165. The Balaban J connectivity index is 1.84. The zero-order valence-electron chi connectivity index (χ0n) is 10.1. The Morgan fingerprint density at radius 2 is 2.24 bits per heavy atom. The van der Waals surface area contributed by atoms with Crippen molar-refractivity contribution in [1.82, 2.24) is 4.90 Å². The van der Waals surface area contributed by atoms with Crippen molar-refractivity contribution in [3.8, 4) is 0 Å². The molecule has 1 amide bonds. The zero-order valence-corrected chi connectivity index (χ0v) is 10.1. The Kier molecular flexibility index (Phi) is 4.76. The molecule has 0 bridgehead atoms. The lowest BCUT2D eigenvalue weighted by molar-refractivity contribution is -0.145. The number of rotatable bonds is 3. The van der Waals surface area contributed by atoms with E-state index in [-0.39, 0.29) is 24.7 Å². The van der Waals surface area contributed by atoms with Crippen LogP contribution in [0.5, 0.6) is 0 Å². The van der Waals surface area contributed by atoms with Crippen molar-refractivity contribution >= 4 is 5.91 Å². The minimum atomic E-state index is -0.181. The summed E-state index contributed by atoms with van der Waals surface area (Å²) in [5, 5.41) is 9.21. The minimum absolute atomic E-state index is 0.0305. The normalized spacial score (nSPS) is 30.3. The third-order valence-corrected chi connectivity index (χ3v) is 3.43. The van der Waals surface area contributed by atoms with E-state index >= 15 is 0 Å². The summed E-state index contributed by atoms with van der Waals surface area (Å²) in [5.41, 5.74) is 0. The molecule has 1 N–H and O–H groups in total. The highest BCUT2D eigenvalue weighted by molar-refractivity contribution is 5.77. The summed E-state index contributed by atoms with van der Waals surface area (Å²) in [6.07, 6.45) is 3.72. The molecule has 0 aromatic carbocycles. The third kappa shape index (κ3) is 3.40. The highest BCUT2D eigenvalue weighted by Gasteiger charge is 2.28. The van der Waals surface area contributed by atoms with E-state index in [0.29, 0.717) is 26.2 Å². The van der Waals surface area contributed by atoms with E-state index in [9.17, 15) is 9.90 Å². The van der Waals surface area contributed by atoms with Gasteiger partial charge in [-0.25, -0.2) is 0 Å².